The summed E-state index contributed by atoms with van der Waals surface area (Å²) in [5.74, 6) is 0.708. The third kappa shape index (κ3) is 2.34. The van der Waals surface area contributed by atoms with Crippen LogP contribution in [0.4, 0.5) is 0 Å². The van der Waals surface area contributed by atoms with Crippen molar-refractivity contribution >= 4 is 6.29 Å². The molecule has 0 aromatic carbocycles. The van der Waals surface area contributed by atoms with E-state index in [0.717, 1.165) is 32.0 Å². The highest BCUT2D eigenvalue weighted by Gasteiger charge is 2.20. The smallest absolute Gasteiger partial charge is 0.120 e. The molecule has 60 valence electrons. The van der Waals surface area contributed by atoms with E-state index in [1.54, 1.807) is 0 Å². The first-order valence-corrected chi connectivity index (χ1v) is 4.20. The molecule has 0 radical (unpaired) electrons. The van der Waals surface area contributed by atoms with Crippen molar-refractivity contribution in [3.63, 3.8) is 0 Å². The van der Waals surface area contributed by atoms with E-state index in [2.05, 4.69) is 6.07 Å². The Kier molecular flexibility index (Phi) is 3.10. The summed E-state index contributed by atoms with van der Waals surface area (Å²) in [6.07, 6.45) is 5.86. The van der Waals surface area contributed by atoms with E-state index in [9.17, 15) is 4.79 Å². The van der Waals surface area contributed by atoms with Gasteiger partial charge in [0.05, 0.1) is 6.07 Å². The second-order valence-corrected chi connectivity index (χ2v) is 3.26. The van der Waals surface area contributed by atoms with E-state index >= 15 is 0 Å². The van der Waals surface area contributed by atoms with Crippen LogP contribution in [-0.4, -0.2) is 6.29 Å². The topological polar surface area (TPSA) is 40.9 Å². The maximum atomic E-state index is 10.2. The number of nitrogens with zero attached hydrogens (tertiary/aromatic N) is 1. The first kappa shape index (κ1) is 8.26. The molecule has 0 spiro atoms. The second-order valence-electron chi connectivity index (χ2n) is 3.26. The van der Waals surface area contributed by atoms with Crippen LogP contribution in [0.3, 0.4) is 0 Å². The standard InChI is InChI=1S/C9H13NO/c10-7-9-3-1-2-8(6-9)4-5-11/h5,8-9H,1-4,6H2. The minimum Gasteiger partial charge on any atom is -0.303 e. The maximum absolute atomic E-state index is 10.2. The Balaban J connectivity index is 2.34. The molecule has 1 saturated carbocycles. The largest absolute Gasteiger partial charge is 0.303 e. The van der Waals surface area contributed by atoms with Crippen LogP contribution in [0.15, 0.2) is 0 Å². The van der Waals surface area contributed by atoms with Gasteiger partial charge in [-0.25, -0.2) is 0 Å². The van der Waals surface area contributed by atoms with E-state index in [1.165, 1.54) is 0 Å². The molecule has 0 amide bonds. The third-order valence-electron chi connectivity index (χ3n) is 2.39. The van der Waals surface area contributed by atoms with Gasteiger partial charge in [0.1, 0.15) is 6.29 Å². The lowest BCUT2D eigenvalue weighted by molar-refractivity contribution is -0.108. The van der Waals surface area contributed by atoms with Gasteiger partial charge in [0.25, 0.3) is 0 Å². The molecule has 0 N–H and O–H groups in total. The molecule has 0 bridgehead atoms. The van der Waals surface area contributed by atoms with E-state index in [-0.39, 0.29) is 5.92 Å². The zero-order chi connectivity index (χ0) is 8.10. The summed E-state index contributed by atoms with van der Waals surface area (Å²) in [7, 11) is 0. The molecule has 2 atom stereocenters. The minimum absolute atomic E-state index is 0.216. The van der Waals surface area contributed by atoms with Crippen molar-refractivity contribution in [2.75, 3.05) is 0 Å². The quantitative estimate of drug-likeness (QED) is 0.565. The molecule has 2 heteroatoms. The van der Waals surface area contributed by atoms with Gasteiger partial charge >= 0.3 is 0 Å². The highest BCUT2D eigenvalue weighted by molar-refractivity contribution is 5.49. The average Bonchev–Trinajstić information content (AvgIpc) is 2.06. The first-order chi connectivity index (χ1) is 5.36. The van der Waals surface area contributed by atoms with E-state index < -0.39 is 0 Å². The Bertz CT molecular complexity index is 171. The molecule has 1 rings (SSSR count). The van der Waals surface area contributed by atoms with Crippen molar-refractivity contribution in [2.45, 2.75) is 32.1 Å². The van der Waals surface area contributed by atoms with Gasteiger partial charge in [-0.1, -0.05) is 6.42 Å². The molecular weight excluding hydrogens is 138 g/mol. The van der Waals surface area contributed by atoms with Crippen LogP contribution in [0, 0.1) is 23.2 Å². The fraction of sp³-hybridized carbons (Fsp3) is 0.778. The second kappa shape index (κ2) is 4.12. The van der Waals surface area contributed by atoms with Crippen LogP contribution in [0.5, 0.6) is 0 Å². The Labute approximate surface area is 67.2 Å². The Hall–Kier alpha value is -0.840. The number of nitriles is 1. The number of hydrogen-bond donors (Lipinski definition) is 0. The molecule has 2 nitrogen and oxygen atoms in total. The summed E-state index contributed by atoms with van der Waals surface area (Å²) < 4.78 is 0. The normalized spacial score (nSPS) is 30.8. The molecule has 0 aromatic heterocycles. The van der Waals surface area contributed by atoms with Gasteiger partial charge < -0.3 is 4.79 Å². The highest BCUT2D eigenvalue weighted by atomic mass is 16.1. The summed E-state index contributed by atoms with van der Waals surface area (Å²) in [5, 5.41) is 8.64. The van der Waals surface area contributed by atoms with E-state index in [4.69, 9.17) is 5.26 Å². The van der Waals surface area contributed by atoms with Crippen molar-refractivity contribution < 1.29 is 4.79 Å². The first-order valence-electron chi connectivity index (χ1n) is 4.20. The SMILES string of the molecule is N#CC1CCCC(CC=O)C1. The molecule has 2 unspecified atom stereocenters. The van der Waals surface area contributed by atoms with Crippen molar-refractivity contribution in [2.24, 2.45) is 11.8 Å². The van der Waals surface area contributed by atoms with Crippen molar-refractivity contribution in [1.29, 1.82) is 5.26 Å². The number of rotatable bonds is 2. The Morgan fingerprint density at radius 2 is 2.36 bits per heavy atom. The molecule has 0 saturated heterocycles. The zero-order valence-electron chi connectivity index (χ0n) is 6.62. The average molecular weight is 151 g/mol. The number of carbonyl (C=O) groups excluding carboxylic acids is 1. The maximum Gasteiger partial charge on any atom is 0.120 e. The molecule has 11 heavy (non-hydrogen) atoms. The van der Waals surface area contributed by atoms with Gasteiger partial charge in [-0.3, -0.25) is 0 Å². The summed E-state index contributed by atoms with van der Waals surface area (Å²) in [4.78, 5) is 10.2. The van der Waals surface area contributed by atoms with Gasteiger partial charge in [-0.15, -0.1) is 0 Å². The van der Waals surface area contributed by atoms with Crippen LogP contribution in [0.1, 0.15) is 32.1 Å². The number of hydrogen-bond acceptors (Lipinski definition) is 2. The molecule has 1 aliphatic rings. The van der Waals surface area contributed by atoms with Gasteiger partial charge in [0.15, 0.2) is 0 Å². The number of carbonyl (C=O) groups is 1. The summed E-state index contributed by atoms with van der Waals surface area (Å²) in [6.45, 7) is 0. The molecule has 0 heterocycles. The Morgan fingerprint density at radius 3 is 3.00 bits per heavy atom. The Morgan fingerprint density at radius 1 is 1.55 bits per heavy atom. The molecule has 1 fully saturated rings. The summed E-state index contributed by atoms with van der Waals surface area (Å²) >= 11 is 0. The van der Waals surface area contributed by atoms with Gasteiger partial charge in [-0.05, 0) is 25.2 Å². The van der Waals surface area contributed by atoms with E-state index in [1.807, 2.05) is 0 Å². The molecular formula is C9H13NO. The monoisotopic (exact) mass is 151 g/mol. The van der Waals surface area contributed by atoms with Gasteiger partial charge in [-0.2, -0.15) is 5.26 Å². The van der Waals surface area contributed by atoms with Crippen LogP contribution in [0.25, 0.3) is 0 Å². The summed E-state index contributed by atoms with van der Waals surface area (Å²) in [6, 6.07) is 2.28. The third-order valence-corrected chi connectivity index (χ3v) is 2.39. The predicted octanol–water partition coefficient (Wildman–Crippen LogP) is 1.91. The van der Waals surface area contributed by atoms with Crippen molar-refractivity contribution in [3.8, 4) is 6.07 Å². The van der Waals surface area contributed by atoms with Crippen LogP contribution < -0.4 is 0 Å². The fourth-order valence-corrected chi connectivity index (χ4v) is 1.76. The van der Waals surface area contributed by atoms with Crippen LogP contribution in [0.2, 0.25) is 0 Å². The van der Waals surface area contributed by atoms with E-state index in [0.29, 0.717) is 12.3 Å². The summed E-state index contributed by atoms with van der Waals surface area (Å²) in [5.41, 5.74) is 0. The lowest BCUT2D eigenvalue weighted by Gasteiger charge is -2.22. The van der Waals surface area contributed by atoms with Gasteiger partial charge in [0.2, 0.25) is 0 Å². The molecule has 1 aliphatic carbocycles. The lowest BCUT2D eigenvalue weighted by Crippen LogP contribution is -2.14. The number of aldehydes is 1. The fourth-order valence-electron chi connectivity index (χ4n) is 1.76. The molecule has 0 aromatic rings. The van der Waals surface area contributed by atoms with Crippen molar-refractivity contribution in [3.05, 3.63) is 0 Å². The zero-order valence-corrected chi connectivity index (χ0v) is 6.62. The van der Waals surface area contributed by atoms with Crippen LogP contribution in [-0.2, 0) is 4.79 Å². The van der Waals surface area contributed by atoms with Crippen LogP contribution >= 0.6 is 0 Å². The predicted molar refractivity (Wildman–Crippen MR) is 41.7 cm³/mol. The van der Waals surface area contributed by atoms with Crippen molar-refractivity contribution in [1.82, 2.24) is 0 Å². The highest BCUT2D eigenvalue weighted by Crippen LogP contribution is 2.29. The minimum atomic E-state index is 0.216. The lowest BCUT2D eigenvalue weighted by atomic mass is 9.81. The molecule has 0 aliphatic heterocycles. The van der Waals surface area contributed by atoms with Gasteiger partial charge in [0, 0.05) is 12.3 Å².